The van der Waals surface area contributed by atoms with Crippen LogP contribution in [0.15, 0.2) is 24.4 Å². The van der Waals surface area contributed by atoms with Crippen LogP contribution in [0.3, 0.4) is 0 Å². The molecule has 0 unspecified atom stereocenters. The second kappa shape index (κ2) is 4.66. The summed E-state index contributed by atoms with van der Waals surface area (Å²) < 4.78 is 0. The monoisotopic (exact) mass is 232 g/mol. The Kier molecular flexibility index (Phi) is 3.25. The third-order valence-corrected chi connectivity index (χ3v) is 3.44. The molecule has 0 amide bonds. The van der Waals surface area contributed by atoms with Gasteiger partial charge < -0.3 is 5.32 Å². The van der Waals surface area contributed by atoms with Crippen LogP contribution >= 0.6 is 11.3 Å². The third-order valence-electron chi connectivity index (χ3n) is 2.43. The Hall–Kier alpha value is -1.35. The molecule has 2 rings (SSSR count). The number of anilines is 1. The normalized spacial score (nSPS) is 10.4. The number of rotatable bonds is 3. The van der Waals surface area contributed by atoms with Crippen LogP contribution in [0, 0.1) is 13.8 Å². The number of aryl methyl sites for hydroxylation is 2. The van der Waals surface area contributed by atoms with Crippen LogP contribution < -0.4 is 5.32 Å². The molecule has 0 bridgehead atoms. The predicted octanol–water partition coefficient (Wildman–Crippen LogP) is 3.39. The summed E-state index contributed by atoms with van der Waals surface area (Å²) in [5.41, 5.74) is 4.02. The van der Waals surface area contributed by atoms with E-state index in [2.05, 4.69) is 42.3 Å². The largest absolute Gasteiger partial charge is 0.365 e. The highest BCUT2D eigenvalue weighted by Crippen LogP contribution is 2.21. The fourth-order valence-corrected chi connectivity index (χ4v) is 2.68. The van der Waals surface area contributed by atoms with E-state index in [1.807, 2.05) is 13.2 Å². The highest BCUT2D eigenvalue weighted by molar-refractivity contribution is 7.15. The van der Waals surface area contributed by atoms with Gasteiger partial charge >= 0.3 is 0 Å². The smallest absolute Gasteiger partial charge is 0.182 e. The Bertz CT molecular complexity index is 468. The molecule has 0 aliphatic rings. The van der Waals surface area contributed by atoms with Crippen LogP contribution in [0.4, 0.5) is 5.13 Å². The first-order valence-corrected chi connectivity index (χ1v) is 6.18. The van der Waals surface area contributed by atoms with Crippen LogP contribution in [0.25, 0.3) is 0 Å². The highest BCUT2D eigenvalue weighted by atomic mass is 32.1. The average molecular weight is 232 g/mol. The molecule has 0 saturated carbocycles. The van der Waals surface area contributed by atoms with E-state index in [4.69, 9.17) is 0 Å². The minimum absolute atomic E-state index is 0.974. The van der Waals surface area contributed by atoms with Crippen LogP contribution in [0.1, 0.15) is 21.6 Å². The molecule has 0 saturated heterocycles. The van der Waals surface area contributed by atoms with Crippen molar-refractivity contribution in [3.05, 3.63) is 46.0 Å². The number of benzene rings is 1. The first-order valence-electron chi connectivity index (χ1n) is 5.37. The molecule has 84 valence electrons. The molecular formula is C13H16N2S. The van der Waals surface area contributed by atoms with Crippen molar-refractivity contribution in [1.82, 2.24) is 4.98 Å². The van der Waals surface area contributed by atoms with Gasteiger partial charge in [-0.05, 0) is 19.4 Å². The predicted molar refractivity (Wildman–Crippen MR) is 70.4 cm³/mol. The lowest BCUT2D eigenvalue weighted by molar-refractivity contribution is 1.19. The molecule has 1 aromatic carbocycles. The van der Waals surface area contributed by atoms with E-state index in [1.54, 1.807) is 11.3 Å². The van der Waals surface area contributed by atoms with Crippen molar-refractivity contribution in [1.29, 1.82) is 0 Å². The van der Waals surface area contributed by atoms with E-state index in [1.165, 1.54) is 21.6 Å². The molecule has 0 aliphatic heterocycles. The second-order valence-electron chi connectivity index (χ2n) is 4.05. The molecule has 3 heteroatoms. The molecule has 2 aromatic rings. The molecular weight excluding hydrogens is 216 g/mol. The molecule has 1 N–H and O–H groups in total. The van der Waals surface area contributed by atoms with E-state index < -0.39 is 0 Å². The lowest BCUT2D eigenvalue weighted by atomic mass is 10.0. The zero-order valence-corrected chi connectivity index (χ0v) is 10.7. The van der Waals surface area contributed by atoms with Gasteiger partial charge in [-0.15, -0.1) is 11.3 Å². The number of hydrogen-bond donors (Lipinski definition) is 1. The Morgan fingerprint density at radius 1 is 1.19 bits per heavy atom. The van der Waals surface area contributed by atoms with Crippen molar-refractivity contribution in [2.24, 2.45) is 0 Å². The van der Waals surface area contributed by atoms with Crippen molar-refractivity contribution in [2.75, 3.05) is 12.4 Å². The van der Waals surface area contributed by atoms with Crippen molar-refractivity contribution in [2.45, 2.75) is 20.3 Å². The van der Waals surface area contributed by atoms with Gasteiger partial charge in [-0.3, -0.25) is 0 Å². The van der Waals surface area contributed by atoms with Gasteiger partial charge in [-0.2, -0.15) is 0 Å². The maximum atomic E-state index is 4.28. The van der Waals surface area contributed by atoms with Crippen molar-refractivity contribution < 1.29 is 0 Å². The summed E-state index contributed by atoms with van der Waals surface area (Å²) in [5.74, 6) is 0. The fraction of sp³-hybridized carbons (Fsp3) is 0.308. The molecule has 0 fully saturated rings. The minimum atomic E-state index is 0.974. The average Bonchev–Trinajstić information content (AvgIpc) is 2.64. The molecule has 0 spiro atoms. The quantitative estimate of drug-likeness (QED) is 0.877. The Morgan fingerprint density at radius 3 is 2.44 bits per heavy atom. The Labute approximate surface area is 100 Å². The molecule has 2 nitrogen and oxygen atoms in total. The fourth-order valence-electron chi connectivity index (χ4n) is 1.88. The topological polar surface area (TPSA) is 24.9 Å². The van der Waals surface area contributed by atoms with E-state index in [0.29, 0.717) is 0 Å². The summed E-state index contributed by atoms with van der Waals surface area (Å²) in [6, 6.07) is 6.69. The maximum Gasteiger partial charge on any atom is 0.182 e. The molecule has 16 heavy (non-hydrogen) atoms. The summed E-state index contributed by atoms with van der Waals surface area (Å²) in [6.07, 6.45) is 2.93. The molecule has 1 aromatic heterocycles. The highest BCUT2D eigenvalue weighted by Gasteiger charge is 2.02. The van der Waals surface area contributed by atoms with Gasteiger partial charge in [0.05, 0.1) is 0 Å². The van der Waals surface area contributed by atoms with Gasteiger partial charge in [0, 0.05) is 24.5 Å². The van der Waals surface area contributed by atoms with Crippen LogP contribution in [0.2, 0.25) is 0 Å². The minimum Gasteiger partial charge on any atom is -0.365 e. The third kappa shape index (κ3) is 2.61. The van der Waals surface area contributed by atoms with Gasteiger partial charge in [0.1, 0.15) is 0 Å². The molecule has 1 heterocycles. The summed E-state index contributed by atoms with van der Waals surface area (Å²) in [6.45, 7) is 4.28. The summed E-state index contributed by atoms with van der Waals surface area (Å²) in [7, 11) is 1.90. The van der Waals surface area contributed by atoms with Gasteiger partial charge in [0.2, 0.25) is 0 Å². The van der Waals surface area contributed by atoms with Crippen molar-refractivity contribution in [3.63, 3.8) is 0 Å². The van der Waals surface area contributed by atoms with E-state index in [-0.39, 0.29) is 0 Å². The molecule has 0 radical (unpaired) electrons. The van der Waals surface area contributed by atoms with Gasteiger partial charge in [0.15, 0.2) is 5.13 Å². The van der Waals surface area contributed by atoms with Crippen molar-refractivity contribution in [3.8, 4) is 0 Å². The second-order valence-corrected chi connectivity index (χ2v) is 5.17. The van der Waals surface area contributed by atoms with E-state index in [9.17, 15) is 0 Å². The SMILES string of the molecule is CNc1ncc(Cc2cc(C)cc(C)c2)s1. The Balaban J connectivity index is 2.19. The zero-order chi connectivity index (χ0) is 11.5. The zero-order valence-electron chi connectivity index (χ0n) is 9.87. The van der Waals surface area contributed by atoms with Crippen LogP contribution in [-0.2, 0) is 6.42 Å². The van der Waals surface area contributed by atoms with Gasteiger partial charge in [0.25, 0.3) is 0 Å². The lowest BCUT2D eigenvalue weighted by Crippen LogP contribution is -1.87. The summed E-state index contributed by atoms with van der Waals surface area (Å²) in [5, 5.41) is 4.05. The molecule has 0 atom stereocenters. The lowest BCUT2D eigenvalue weighted by Gasteiger charge is -2.02. The van der Waals surface area contributed by atoms with Crippen LogP contribution in [-0.4, -0.2) is 12.0 Å². The summed E-state index contributed by atoms with van der Waals surface area (Å²) >= 11 is 1.72. The first-order chi connectivity index (χ1) is 7.67. The van der Waals surface area contributed by atoms with Gasteiger partial charge in [-0.25, -0.2) is 4.98 Å². The number of nitrogens with one attached hydrogen (secondary N) is 1. The standard InChI is InChI=1S/C13H16N2S/c1-9-4-10(2)6-11(5-9)7-12-8-15-13(14-3)16-12/h4-6,8H,7H2,1-3H3,(H,14,15). The van der Waals surface area contributed by atoms with Crippen molar-refractivity contribution >= 4 is 16.5 Å². The molecule has 0 aliphatic carbocycles. The number of hydrogen-bond acceptors (Lipinski definition) is 3. The first kappa shape index (κ1) is 11.1. The number of nitrogens with zero attached hydrogens (tertiary/aromatic N) is 1. The van der Waals surface area contributed by atoms with E-state index >= 15 is 0 Å². The maximum absolute atomic E-state index is 4.28. The Morgan fingerprint density at radius 2 is 1.88 bits per heavy atom. The van der Waals surface area contributed by atoms with E-state index in [0.717, 1.165) is 11.6 Å². The summed E-state index contributed by atoms with van der Waals surface area (Å²) in [4.78, 5) is 5.58. The van der Waals surface area contributed by atoms with Crippen LogP contribution in [0.5, 0.6) is 0 Å². The van der Waals surface area contributed by atoms with Gasteiger partial charge in [-0.1, -0.05) is 29.3 Å². The number of aromatic nitrogens is 1. The number of thiazole rings is 1.